The molecule has 0 fully saturated rings. The van der Waals surface area contributed by atoms with Gasteiger partial charge < -0.3 is 14.8 Å². The summed E-state index contributed by atoms with van der Waals surface area (Å²) in [4.78, 5) is 32.8. The Morgan fingerprint density at radius 1 is 1.03 bits per heavy atom. The molecule has 0 saturated carbocycles. The topological polar surface area (TPSA) is 81.9 Å². The fraction of sp³-hybridized carbons (Fsp3) is 0.194. The van der Waals surface area contributed by atoms with Crippen molar-refractivity contribution in [2.24, 2.45) is 4.99 Å². The van der Waals surface area contributed by atoms with Crippen molar-refractivity contribution in [1.29, 1.82) is 0 Å². The molecular formula is C31H29N3O4S. The molecular weight excluding hydrogens is 510 g/mol. The van der Waals surface area contributed by atoms with Gasteiger partial charge in [0.2, 0.25) is 0 Å². The Bertz CT molecular complexity index is 1720. The molecule has 2 heterocycles. The average Bonchev–Trinajstić information content (AvgIpc) is 3.23. The van der Waals surface area contributed by atoms with Gasteiger partial charge in [0.15, 0.2) is 4.80 Å². The molecule has 1 amide bonds. The van der Waals surface area contributed by atoms with Gasteiger partial charge >= 0.3 is 0 Å². The zero-order chi connectivity index (χ0) is 27.5. The molecule has 0 bridgehead atoms. The lowest BCUT2D eigenvalue weighted by Gasteiger charge is -2.25. The third-order valence-corrected chi connectivity index (χ3v) is 7.24. The number of hydrogen-bond donors (Lipinski definition) is 1. The predicted molar refractivity (Wildman–Crippen MR) is 154 cm³/mol. The SMILES string of the molecule is COc1cccc([C@H]2C(C(=O)Nc3ccccc3)=C(C)N=c3s/c(=C\c4ccc(OC(C)C)cc4)c(=O)n32)c1. The van der Waals surface area contributed by atoms with E-state index in [1.807, 2.05) is 98.8 Å². The second-order valence-electron chi connectivity index (χ2n) is 9.41. The molecule has 1 atom stereocenters. The number of anilines is 1. The first kappa shape index (κ1) is 26.2. The summed E-state index contributed by atoms with van der Waals surface area (Å²) in [6.07, 6.45) is 1.92. The number of methoxy groups -OCH3 is 1. The standard InChI is InChI=1S/C31H29N3O4S/c1-19(2)38-24-15-13-21(14-16-24)17-26-30(36)34-28(22-9-8-12-25(18-22)37-4)27(20(3)32-31(34)39-26)29(35)33-23-10-6-5-7-11-23/h5-19,28H,1-4H3,(H,33,35)/b26-17-/t28-/m0/s1. The Morgan fingerprint density at radius 3 is 2.46 bits per heavy atom. The van der Waals surface area contributed by atoms with Crippen LogP contribution in [0, 0.1) is 0 Å². The monoisotopic (exact) mass is 539 g/mol. The smallest absolute Gasteiger partial charge is 0.271 e. The first-order valence-electron chi connectivity index (χ1n) is 12.6. The predicted octanol–water partition coefficient (Wildman–Crippen LogP) is 4.67. The number of allylic oxidation sites excluding steroid dienone is 1. The van der Waals surface area contributed by atoms with Crippen molar-refractivity contribution in [3.8, 4) is 11.5 Å². The largest absolute Gasteiger partial charge is 0.497 e. The van der Waals surface area contributed by atoms with Gasteiger partial charge in [-0.2, -0.15) is 0 Å². The van der Waals surface area contributed by atoms with Crippen LogP contribution in [0.2, 0.25) is 0 Å². The summed E-state index contributed by atoms with van der Waals surface area (Å²) < 4.78 is 13.3. The van der Waals surface area contributed by atoms with Gasteiger partial charge in [0, 0.05) is 5.69 Å². The van der Waals surface area contributed by atoms with Gasteiger partial charge in [-0.05, 0) is 74.4 Å². The van der Waals surface area contributed by atoms with Crippen molar-refractivity contribution in [2.45, 2.75) is 32.9 Å². The van der Waals surface area contributed by atoms with E-state index in [-0.39, 0.29) is 17.6 Å². The maximum absolute atomic E-state index is 13.9. The molecule has 1 aliphatic heterocycles. The molecule has 0 radical (unpaired) electrons. The summed E-state index contributed by atoms with van der Waals surface area (Å²) in [6, 6.07) is 23.6. The summed E-state index contributed by atoms with van der Waals surface area (Å²) in [5.74, 6) is 1.09. The zero-order valence-electron chi connectivity index (χ0n) is 22.2. The minimum Gasteiger partial charge on any atom is -0.497 e. The summed E-state index contributed by atoms with van der Waals surface area (Å²) in [7, 11) is 1.59. The van der Waals surface area contributed by atoms with Gasteiger partial charge in [0.25, 0.3) is 11.5 Å². The Morgan fingerprint density at radius 2 is 1.77 bits per heavy atom. The molecule has 0 spiro atoms. The zero-order valence-corrected chi connectivity index (χ0v) is 23.0. The van der Waals surface area contributed by atoms with Crippen LogP contribution in [0.4, 0.5) is 5.69 Å². The minimum absolute atomic E-state index is 0.0766. The van der Waals surface area contributed by atoms with E-state index in [2.05, 4.69) is 5.32 Å². The highest BCUT2D eigenvalue weighted by molar-refractivity contribution is 7.07. The Labute approximate surface area is 230 Å². The number of carbonyl (C=O) groups excluding carboxylic acids is 1. The van der Waals surface area contributed by atoms with Crippen LogP contribution in [-0.4, -0.2) is 23.7 Å². The van der Waals surface area contributed by atoms with E-state index in [0.29, 0.717) is 32.0 Å². The molecule has 7 nitrogen and oxygen atoms in total. The van der Waals surface area contributed by atoms with Crippen LogP contribution in [0.1, 0.15) is 37.9 Å². The number of hydrogen-bond acceptors (Lipinski definition) is 6. The van der Waals surface area contributed by atoms with Gasteiger partial charge in [-0.25, -0.2) is 4.99 Å². The molecule has 3 aromatic carbocycles. The number of nitrogens with zero attached hydrogens (tertiary/aromatic N) is 2. The minimum atomic E-state index is -0.677. The highest BCUT2D eigenvalue weighted by Gasteiger charge is 2.32. The van der Waals surface area contributed by atoms with Crippen molar-refractivity contribution < 1.29 is 14.3 Å². The van der Waals surface area contributed by atoms with Gasteiger partial charge in [0.1, 0.15) is 11.5 Å². The van der Waals surface area contributed by atoms with E-state index in [1.165, 1.54) is 11.3 Å². The van der Waals surface area contributed by atoms with Crippen LogP contribution < -0.4 is 29.7 Å². The molecule has 0 saturated heterocycles. The number of amides is 1. The first-order valence-corrected chi connectivity index (χ1v) is 13.5. The second kappa shape index (κ2) is 11.1. The Kier molecular flexibility index (Phi) is 7.47. The Hall–Kier alpha value is -4.43. The molecule has 1 aliphatic rings. The number of carbonyl (C=O) groups is 1. The van der Waals surface area contributed by atoms with Crippen molar-refractivity contribution in [3.63, 3.8) is 0 Å². The van der Waals surface area contributed by atoms with Crippen LogP contribution >= 0.6 is 11.3 Å². The van der Waals surface area contributed by atoms with Crippen molar-refractivity contribution in [3.05, 3.63) is 121 Å². The molecule has 39 heavy (non-hydrogen) atoms. The number of ether oxygens (including phenoxy) is 2. The lowest BCUT2D eigenvalue weighted by Crippen LogP contribution is -2.40. The number of rotatable bonds is 7. The van der Waals surface area contributed by atoms with Crippen molar-refractivity contribution in [2.75, 3.05) is 12.4 Å². The maximum atomic E-state index is 13.9. The Balaban J connectivity index is 1.62. The molecule has 0 unspecified atom stereocenters. The molecule has 8 heteroatoms. The fourth-order valence-corrected chi connectivity index (χ4v) is 5.57. The first-order chi connectivity index (χ1) is 18.8. The normalized spacial score (nSPS) is 15.1. The third kappa shape index (κ3) is 5.56. The summed E-state index contributed by atoms with van der Waals surface area (Å²) in [5.41, 5.74) is 3.03. The molecule has 0 aliphatic carbocycles. The lowest BCUT2D eigenvalue weighted by molar-refractivity contribution is -0.113. The van der Waals surface area contributed by atoms with Crippen molar-refractivity contribution >= 4 is 29.0 Å². The van der Waals surface area contributed by atoms with Crippen molar-refractivity contribution in [1.82, 2.24) is 4.57 Å². The number of para-hydroxylation sites is 1. The number of benzene rings is 3. The van der Waals surface area contributed by atoms with E-state index >= 15 is 0 Å². The summed E-state index contributed by atoms with van der Waals surface area (Å²) in [6.45, 7) is 5.76. The fourth-order valence-electron chi connectivity index (χ4n) is 4.52. The highest BCUT2D eigenvalue weighted by atomic mass is 32.1. The van der Waals surface area contributed by atoms with Crippen LogP contribution in [-0.2, 0) is 4.79 Å². The number of aromatic nitrogens is 1. The number of fused-ring (bicyclic) bond motifs is 1. The average molecular weight is 540 g/mol. The van der Waals surface area contributed by atoms with Crippen LogP contribution in [0.5, 0.6) is 11.5 Å². The molecule has 1 N–H and O–H groups in total. The number of nitrogens with one attached hydrogen (secondary N) is 1. The molecule has 4 aromatic rings. The summed E-state index contributed by atoms with van der Waals surface area (Å²) >= 11 is 1.30. The quantitative estimate of drug-likeness (QED) is 0.370. The van der Waals surface area contributed by atoms with E-state index in [4.69, 9.17) is 14.5 Å². The lowest BCUT2D eigenvalue weighted by atomic mass is 9.95. The van der Waals surface area contributed by atoms with Crippen LogP contribution in [0.25, 0.3) is 6.08 Å². The second-order valence-corrected chi connectivity index (χ2v) is 10.4. The van der Waals surface area contributed by atoms with E-state index in [1.54, 1.807) is 18.6 Å². The van der Waals surface area contributed by atoms with Crippen LogP contribution in [0.15, 0.2) is 99.9 Å². The van der Waals surface area contributed by atoms with Gasteiger partial charge in [0.05, 0.1) is 35.1 Å². The van der Waals surface area contributed by atoms with Crippen LogP contribution in [0.3, 0.4) is 0 Å². The van der Waals surface area contributed by atoms with Gasteiger partial charge in [-0.15, -0.1) is 0 Å². The number of thiazole rings is 1. The maximum Gasteiger partial charge on any atom is 0.271 e. The van der Waals surface area contributed by atoms with E-state index in [9.17, 15) is 9.59 Å². The van der Waals surface area contributed by atoms with E-state index < -0.39 is 6.04 Å². The molecule has 5 rings (SSSR count). The molecule has 1 aromatic heterocycles. The highest BCUT2D eigenvalue weighted by Crippen LogP contribution is 2.32. The third-order valence-electron chi connectivity index (χ3n) is 6.26. The van der Waals surface area contributed by atoms with E-state index in [0.717, 1.165) is 16.9 Å². The molecule has 198 valence electrons. The summed E-state index contributed by atoms with van der Waals surface area (Å²) in [5, 5.41) is 2.97. The van der Waals surface area contributed by atoms with Gasteiger partial charge in [-0.3, -0.25) is 14.2 Å². The van der Waals surface area contributed by atoms with Gasteiger partial charge in [-0.1, -0.05) is 53.8 Å².